The summed E-state index contributed by atoms with van der Waals surface area (Å²) in [6, 6.07) is 14.6. The fourth-order valence-electron chi connectivity index (χ4n) is 2.82. The summed E-state index contributed by atoms with van der Waals surface area (Å²) in [6.45, 7) is 1.96. The zero-order valence-electron chi connectivity index (χ0n) is 14.9. The number of methoxy groups -OCH3 is 1. The lowest BCUT2D eigenvalue weighted by Gasteiger charge is -2.17. The Morgan fingerprint density at radius 1 is 1.30 bits per heavy atom. The number of nitrogens with zero attached hydrogens (tertiary/aromatic N) is 2. The van der Waals surface area contributed by atoms with E-state index in [-0.39, 0.29) is 18.5 Å². The largest absolute Gasteiger partial charge is 0.496 e. The maximum Gasteiger partial charge on any atom is 0.240 e. The topological polar surface area (TPSA) is 71.9 Å². The van der Waals surface area contributed by atoms with Crippen molar-refractivity contribution in [1.29, 1.82) is 0 Å². The van der Waals surface area contributed by atoms with Crippen molar-refractivity contribution in [2.24, 2.45) is 0 Å². The van der Waals surface area contributed by atoms with Gasteiger partial charge in [-0.15, -0.1) is 0 Å². The average molecular weight is 403 g/mol. The van der Waals surface area contributed by atoms with Gasteiger partial charge in [-0.3, -0.25) is 14.5 Å². The predicted octanol–water partition coefficient (Wildman–Crippen LogP) is 4.15. The molecule has 1 unspecified atom stereocenters. The van der Waals surface area contributed by atoms with E-state index >= 15 is 0 Å². The minimum Gasteiger partial charge on any atom is -0.496 e. The van der Waals surface area contributed by atoms with E-state index in [2.05, 4.69) is 15.5 Å². The molecule has 2 N–H and O–H groups in total. The molecule has 27 heavy (non-hydrogen) atoms. The van der Waals surface area contributed by atoms with Gasteiger partial charge in [-0.2, -0.15) is 5.10 Å². The minimum atomic E-state index is -0.214. The number of hydrogen-bond donors (Lipinski definition) is 2. The van der Waals surface area contributed by atoms with Crippen molar-refractivity contribution >= 4 is 29.7 Å². The molecule has 140 valence electrons. The van der Waals surface area contributed by atoms with E-state index in [0.29, 0.717) is 15.6 Å². The maximum atomic E-state index is 12.6. The van der Waals surface area contributed by atoms with Crippen LogP contribution in [0, 0.1) is 4.77 Å². The van der Waals surface area contributed by atoms with Crippen molar-refractivity contribution in [1.82, 2.24) is 20.1 Å². The van der Waals surface area contributed by atoms with E-state index in [1.165, 1.54) is 0 Å². The second kappa shape index (κ2) is 8.37. The fourth-order valence-corrected chi connectivity index (χ4v) is 3.14. The molecule has 6 nitrogen and oxygen atoms in total. The molecule has 8 heteroatoms. The highest BCUT2D eigenvalue weighted by Gasteiger charge is 2.16. The van der Waals surface area contributed by atoms with Crippen LogP contribution in [-0.4, -0.2) is 27.8 Å². The first kappa shape index (κ1) is 19.1. The molecule has 1 amide bonds. The number of hydrogen-bond acceptors (Lipinski definition) is 4. The Kier molecular flexibility index (Phi) is 5.93. The van der Waals surface area contributed by atoms with E-state index in [9.17, 15) is 4.79 Å². The van der Waals surface area contributed by atoms with Crippen LogP contribution in [0.25, 0.3) is 11.4 Å². The molecular formula is C19H19ClN4O2S. The van der Waals surface area contributed by atoms with Crippen molar-refractivity contribution in [3.05, 3.63) is 63.9 Å². The highest BCUT2D eigenvalue weighted by molar-refractivity contribution is 7.71. The minimum absolute atomic E-state index is 0.0484. The highest BCUT2D eigenvalue weighted by Crippen LogP contribution is 2.24. The van der Waals surface area contributed by atoms with Gasteiger partial charge in [0.1, 0.15) is 12.3 Å². The number of halogens is 1. The summed E-state index contributed by atoms with van der Waals surface area (Å²) in [4.78, 5) is 12.6. The van der Waals surface area contributed by atoms with Gasteiger partial charge in [-0.05, 0) is 49.5 Å². The fraction of sp³-hybridized carbons (Fsp3) is 0.211. The predicted molar refractivity (Wildman–Crippen MR) is 107 cm³/mol. The smallest absolute Gasteiger partial charge is 0.240 e. The summed E-state index contributed by atoms with van der Waals surface area (Å²) < 4.78 is 7.39. The van der Waals surface area contributed by atoms with E-state index in [4.69, 9.17) is 28.6 Å². The molecule has 2 aromatic carbocycles. The molecule has 3 rings (SSSR count). The van der Waals surface area contributed by atoms with Crippen LogP contribution in [0.2, 0.25) is 5.02 Å². The Bertz CT molecular complexity index is 997. The second-order valence-corrected chi connectivity index (χ2v) is 6.80. The van der Waals surface area contributed by atoms with E-state index in [1.54, 1.807) is 23.8 Å². The molecule has 0 radical (unpaired) electrons. The monoisotopic (exact) mass is 402 g/mol. The van der Waals surface area contributed by atoms with Crippen molar-refractivity contribution in [2.45, 2.75) is 19.5 Å². The SMILES string of the molecule is COc1ccccc1C(C)NC(=O)Cn1c(-c2ccc(Cl)cc2)n[nH]c1=S. The second-order valence-electron chi connectivity index (χ2n) is 5.98. The highest BCUT2D eigenvalue weighted by atomic mass is 35.5. The molecule has 1 heterocycles. The molecule has 0 spiro atoms. The molecule has 0 aliphatic heterocycles. The zero-order chi connectivity index (χ0) is 19.4. The van der Waals surface area contributed by atoms with E-state index in [1.807, 2.05) is 43.3 Å². The van der Waals surface area contributed by atoms with Gasteiger partial charge in [0, 0.05) is 16.1 Å². The number of aromatic amines is 1. The molecule has 0 bridgehead atoms. The quantitative estimate of drug-likeness (QED) is 0.607. The number of aromatic nitrogens is 3. The third-order valence-electron chi connectivity index (χ3n) is 4.15. The van der Waals surface area contributed by atoms with Gasteiger partial charge in [0.2, 0.25) is 5.91 Å². The van der Waals surface area contributed by atoms with Gasteiger partial charge in [-0.25, -0.2) is 0 Å². The molecule has 3 aromatic rings. The third-order valence-corrected chi connectivity index (χ3v) is 4.71. The summed E-state index contributed by atoms with van der Waals surface area (Å²) in [5, 5.41) is 10.6. The summed E-state index contributed by atoms with van der Waals surface area (Å²) in [5.74, 6) is 1.13. The van der Waals surface area contributed by atoms with Crippen molar-refractivity contribution in [3.63, 3.8) is 0 Å². The first-order valence-corrected chi connectivity index (χ1v) is 9.11. The lowest BCUT2D eigenvalue weighted by Crippen LogP contribution is -2.30. The third kappa shape index (κ3) is 4.37. The van der Waals surface area contributed by atoms with Gasteiger partial charge in [0.05, 0.1) is 13.2 Å². The maximum absolute atomic E-state index is 12.6. The van der Waals surface area contributed by atoms with E-state index < -0.39 is 0 Å². The van der Waals surface area contributed by atoms with Crippen LogP contribution in [-0.2, 0) is 11.3 Å². The first-order chi connectivity index (χ1) is 13.0. The average Bonchev–Trinajstić information content (AvgIpc) is 3.02. The Labute approximate surface area is 167 Å². The number of H-pyrrole nitrogens is 1. The van der Waals surface area contributed by atoms with Crippen molar-refractivity contribution in [3.8, 4) is 17.1 Å². The summed E-state index contributed by atoms with van der Waals surface area (Å²) >= 11 is 11.2. The summed E-state index contributed by atoms with van der Waals surface area (Å²) in [5.41, 5.74) is 1.72. The van der Waals surface area contributed by atoms with Gasteiger partial charge >= 0.3 is 0 Å². The van der Waals surface area contributed by atoms with Gasteiger partial charge in [0.15, 0.2) is 10.6 Å². The van der Waals surface area contributed by atoms with Crippen LogP contribution < -0.4 is 10.1 Å². The number of carbonyl (C=O) groups excluding carboxylic acids is 1. The lowest BCUT2D eigenvalue weighted by atomic mass is 10.1. The van der Waals surface area contributed by atoms with Gasteiger partial charge in [0.25, 0.3) is 0 Å². The van der Waals surface area contributed by atoms with Crippen LogP contribution in [0.5, 0.6) is 5.75 Å². The number of amides is 1. The number of rotatable bonds is 6. The van der Waals surface area contributed by atoms with Crippen LogP contribution >= 0.6 is 23.8 Å². The van der Waals surface area contributed by atoms with Crippen LogP contribution in [0.15, 0.2) is 48.5 Å². The molecule has 0 saturated carbocycles. The zero-order valence-corrected chi connectivity index (χ0v) is 16.5. The van der Waals surface area contributed by atoms with Crippen molar-refractivity contribution < 1.29 is 9.53 Å². The standard InChI is InChI=1S/C19H19ClN4O2S/c1-12(15-5-3-4-6-16(15)26-2)21-17(25)11-24-18(22-23-19(24)27)13-7-9-14(20)10-8-13/h3-10,12H,11H2,1-2H3,(H,21,25)(H,23,27). The van der Waals surface area contributed by atoms with Crippen LogP contribution in [0.4, 0.5) is 0 Å². The number of benzene rings is 2. The number of carbonyl (C=O) groups is 1. The van der Waals surface area contributed by atoms with E-state index in [0.717, 1.165) is 16.9 Å². The first-order valence-electron chi connectivity index (χ1n) is 8.33. The molecule has 0 aliphatic rings. The number of nitrogens with one attached hydrogen (secondary N) is 2. The van der Waals surface area contributed by atoms with Crippen LogP contribution in [0.1, 0.15) is 18.5 Å². The molecule has 0 aliphatic carbocycles. The lowest BCUT2D eigenvalue weighted by molar-refractivity contribution is -0.122. The van der Waals surface area contributed by atoms with Gasteiger partial charge < -0.3 is 10.1 Å². The Balaban J connectivity index is 1.78. The summed E-state index contributed by atoms with van der Waals surface area (Å²) in [6.07, 6.45) is 0. The van der Waals surface area contributed by atoms with Gasteiger partial charge in [-0.1, -0.05) is 29.8 Å². The van der Waals surface area contributed by atoms with Crippen LogP contribution in [0.3, 0.4) is 0 Å². The molecular weight excluding hydrogens is 384 g/mol. The summed E-state index contributed by atoms with van der Waals surface area (Å²) in [7, 11) is 1.61. The Morgan fingerprint density at radius 3 is 2.70 bits per heavy atom. The molecule has 1 atom stereocenters. The number of ether oxygens (including phenoxy) is 1. The molecule has 1 aromatic heterocycles. The number of para-hydroxylation sites is 1. The Morgan fingerprint density at radius 2 is 2.00 bits per heavy atom. The molecule has 0 saturated heterocycles. The Hall–Kier alpha value is -2.64. The normalized spacial score (nSPS) is 11.8. The molecule has 0 fully saturated rings. The van der Waals surface area contributed by atoms with Crippen molar-refractivity contribution in [2.75, 3.05) is 7.11 Å².